The van der Waals surface area contributed by atoms with Gasteiger partial charge in [-0.2, -0.15) is 0 Å². The van der Waals surface area contributed by atoms with E-state index in [4.69, 9.17) is 5.11 Å². The van der Waals surface area contributed by atoms with Crippen molar-refractivity contribution in [2.75, 3.05) is 0 Å². The van der Waals surface area contributed by atoms with Crippen molar-refractivity contribution in [2.45, 2.75) is 40.7 Å². The summed E-state index contributed by atoms with van der Waals surface area (Å²) in [5, 5.41) is 8.06. The van der Waals surface area contributed by atoms with Crippen LogP contribution in [0.2, 0.25) is 0 Å². The van der Waals surface area contributed by atoms with Crippen LogP contribution in [0.15, 0.2) is 30.3 Å². The molecule has 0 aliphatic carbocycles. The minimum Gasteiger partial charge on any atom is -0.394 e. The Morgan fingerprint density at radius 2 is 1.31 bits per heavy atom. The molecule has 1 aromatic carbocycles. The third-order valence-corrected chi connectivity index (χ3v) is 0.940. The highest BCUT2D eigenvalue weighted by Crippen LogP contribution is 1.92. The molecule has 0 aliphatic heterocycles. The third-order valence-electron chi connectivity index (χ3n) is 0.940. The first kappa shape index (κ1) is 14.7. The summed E-state index contributed by atoms with van der Waals surface area (Å²) in [6, 6.07) is 10.3. The quantitative estimate of drug-likeness (QED) is 0.652. The zero-order valence-corrected chi connectivity index (χ0v) is 9.41. The van der Waals surface area contributed by atoms with Gasteiger partial charge in [0.2, 0.25) is 0 Å². The van der Waals surface area contributed by atoms with E-state index in [1.54, 1.807) is 13.8 Å². The van der Waals surface area contributed by atoms with Gasteiger partial charge in [0.25, 0.3) is 0 Å². The van der Waals surface area contributed by atoms with Crippen molar-refractivity contribution in [3.8, 4) is 0 Å². The Labute approximate surface area is 82.4 Å². The lowest BCUT2D eigenvalue weighted by Gasteiger charge is -1.82. The molecule has 0 aliphatic rings. The molecule has 0 fully saturated rings. The fourth-order valence-corrected chi connectivity index (χ4v) is 0.534. The maximum absolute atomic E-state index is 8.06. The predicted octanol–water partition coefficient (Wildman–Crippen LogP) is 3.41. The molecule has 1 nitrogen and oxygen atoms in total. The van der Waals surface area contributed by atoms with Crippen molar-refractivity contribution in [1.82, 2.24) is 0 Å². The Kier molecular flexibility index (Phi) is 12.6. The Hall–Kier alpha value is -0.820. The SMILES string of the molecule is CC.CC(C)O.Cc1ccccc1. The summed E-state index contributed by atoms with van der Waals surface area (Å²) < 4.78 is 0. The number of aryl methyl sites for hydroxylation is 1. The van der Waals surface area contributed by atoms with Crippen LogP contribution < -0.4 is 0 Å². The highest BCUT2D eigenvalue weighted by Gasteiger charge is 1.72. The van der Waals surface area contributed by atoms with Crippen molar-refractivity contribution in [3.63, 3.8) is 0 Å². The summed E-state index contributed by atoms with van der Waals surface area (Å²) in [6.45, 7) is 9.53. The average molecular weight is 182 g/mol. The zero-order chi connectivity index (χ0) is 10.7. The van der Waals surface area contributed by atoms with Crippen LogP contribution in [-0.2, 0) is 0 Å². The molecule has 0 aromatic heterocycles. The second kappa shape index (κ2) is 11.2. The van der Waals surface area contributed by atoms with Gasteiger partial charge in [-0.05, 0) is 20.8 Å². The van der Waals surface area contributed by atoms with Crippen LogP contribution in [0, 0.1) is 6.92 Å². The van der Waals surface area contributed by atoms with Crippen molar-refractivity contribution in [3.05, 3.63) is 35.9 Å². The summed E-state index contributed by atoms with van der Waals surface area (Å²) in [5.41, 5.74) is 1.32. The molecule has 1 rings (SSSR count). The molecule has 0 heterocycles. The first-order valence-corrected chi connectivity index (χ1v) is 4.82. The molecule has 0 unspecified atom stereocenters. The van der Waals surface area contributed by atoms with E-state index in [2.05, 4.69) is 19.1 Å². The van der Waals surface area contributed by atoms with Gasteiger partial charge >= 0.3 is 0 Å². The summed E-state index contributed by atoms with van der Waals surface area (Å²) in [7, 11) is 0. The number of benzene rings is 1. The lowest BCUT2D eigenvalue weighted by atomic mass is 10.2. The topological polar surface area (TPSA) is 20.2 Å². The van der Waals surface area contributed by atoms with Gasteiger partial charge in [-0.25, -0.2) is 0 Å². The van der Waals surface area contributed by atoms with Crippen LogP contribution in [0.3, 0.4) is 0 Å². The molecular formula is C12H22O. The Bertz CT molecular complexity index is 165. The van der Waals surface area contributed by atoms with Crippen LogP contribution in [0.1, 0.15) is 33.3 Å². The van der Waals surface area contributed by atoms with Crippen molar-refractivity contribution < 1.29 is 5.11 Å². The molecule has 13 heavy (non-hydrogen) atoms. The van der Waals surface area contributed by atoms with Crippen LogP contribution in [0.5, 0.6) is 0 Å². The number of hydrogen-bond donors (Lipinski definition) is 1. The zero-order valence-electron chi connectivity index (χ0n) is 9.41. The van der Waals surface area contributed by atoms with Gasteiger partial charge in [0.15, 0.2) is 0 Å². The first-order chi connectivity index (χ1) is 6.13. The maximum Gasteiger partial charge on any atom is 0.0483 e. The summed E-state index contributed by atoms with van der Waals surface area (Å²) in [6.07, 6.45) is -0.167. The first-order valence-electron chi connectivity index (χ1n) is 4.82. The highest BCUT2D eigenvalue weighted by atomic mass is 16.3. The second-order valence-electron chi connectivity index (χ2n) is 2.75. The molecule has 0 saturated heterocycles. The standard InChI is InChI=1S/C7H8.C3H8O.C2H6/c1-7-5-3-2-4-6-7;1-3(2)4;1-2/h2-6H,1H3;3-4H,1-2H3;1-2H3. The van der Waals surface area contributed by atoms with Gasteiger partial charge in [0.05, 0.1) is 0 Å². The smallest absolute Gasteiger partial charge is 0.0483 e. The van der Waals surface area contributed by atoms with Crippen molar-refractivity contribution in [2.24, 2.45) is 0 Å². The fraction of sp³-hybridized carbons (Fsp3) is 0.500. The van der Waals surface area contributed by atoms with Gasteiger partial charge in [0.1, 0.15) is 0 Å². The van der Waals surface area contributed by atoms with E-state index in [1.165, 1.54) is 5.56 Å². The van der Waals surface area contributed by atoms with E-state index < -0.39 is 0 Å². The normalized spacial score (nSPS) is 7.92. The molecule has 1 aromatic rings. The summed E-state index contributed by atoms with van der Waals surface area (Å²) >= 11 is 0. The van der Waals surface area contributed by atoms with E-state index in [0.29, 0.717) is 0 Å². The minimum atomic E-state index is -0.167. The molecular weight excluding hydrogens is 160 g/mol. The predicted molar refractivity (Wildman–Crippen MR) is 59.9 cm³/mol. The maximum atomic E-state index is 8.06. The molecule has 0 spiro atoms. The fourth-order valence-electron chi connectivity index (χ4n) is 0.534. The number of hydrogen-bond acceptors (Lipinski definition) is 1. The average Bonchev–Trinajstić information content (AvgIpc) is 2.08. The minimum absolute atomic E-state index is 0.167. The number of aliphatic hydroxyl groups excluding tert-OH is 1. The third kappa shape index (κ3) is 18.3. The van der Waals surface area contributed by atoms with Crippen LogP contribution in [0.4, 0.5) is 0 Å². The lowest BCUT2D eigenvalue weighted by Crippen LogP contribution is -1.85. The van der Waals surface area contributed by atoms with Gasteiger partial charge < -0.3 is 5.11 Å². The Morgan fingerprint density at radius 1 is 1.00 bits per heavy atom. The molecule has 0 saturated carbocycles. The van der Waals surface area contributed by atoms with Gasteiger partial charge in [-0.15, -0.1) is 0 Å². The molecule has 0 amide bonds. The molecule has 1 N–H and O–H groups in total. The van der Waals surface area contributed by atoms with E-state index >= 15 is 0 Å². The van der Waals surface area contributed by atoms with E-state index in [9.17, 15) is 0 Å². The summed E-state index contributed by atoms with van der Waals surface area (Å²) in [4.78, 5) is 0. The molecule has 76 valence electrons. The largest absolute Gasteiger partial charge is 0.394 e. The van der Waals surface area contributed by atoms with Gasteiger partial charge in [-0.1, -0.05) is 49.7 Å². The van der Waals surface area contributed by atoms with E-state index in [0.717, 1.165) is 0 Å². The van der Waals surface area contributed by atoms with Crippen molar-refractivity contribution >= 4 is 0 Å². The van der Waals surface area contributed by atoms with Gasteiger partial charge in [-0.3, -0.25) is 0 Å². The van der Waals surface area contributed by atoms with Crippen molar-refractivity contribution in [1.29, 1.82) is 0 Å². The van der Waals surface area contributed by atoms with Crippen LogP contribution in [-0.4, -0.2) is 11.2 Å². The summed E-state index contributed by atoms with van der Waals surface area (Å²) in [5.74, 6) is 0. The monoisotopic (exact) mass is 182 g/mol. The van der Waals surface area contributed by atoms with Crippen LogP contribution in [0.25, 0.3) is 0 Å². The molecule has 0 bridgehead atoms. The molecule has 1 heteroatoms. The number of rotatable bonds is 0. The van der Waals surface area contributed by atoms with Crippen LogP contribution >= 0.6 is 0 Å². The molecule has 0 radical (unpaired) electrons. The molecule has 0 atom stereocenters. The van der Waals surface area contributed by atoms with E-state index in [1.807, 2.05) is 32.0 Å². The highest BCUT2D eigenvalue weighted by molar-refractivity contribution is 5.11. The Balaban J connectivity index is 0. The van der Waals surface area contributed by atoms with Gasteiger partial charge in [0, 0.05) is 6.10 Å². The number of aliphatic hydroxyl groups is 1. The second-order valence-corrected chi connectivity index (χ2v) is 2.75. The lowest BCUT2D eigenvalue weighted by molar-refractivity contribution is 0.216. The Morgan fingerprint density at radius 3 is 1.46 bits per heavy atom. The van der Waals surface area contributed by atoms with E-state index in [-0.39, 0.29) is 6.10 Å².